The highest BCUT2D eigenvalue weighted by Gasteiger charge is 2.04. The van der Waals surface area contributed by atoms with Gasteiger partial charge in [0.25, 0.3) is 6.41 Å². The maximum absolute atomic E-state index is 10.8. The molecule has 0 aliphatic carbocycles. The van der Waals surface area contributed by atoms with Crippen molar-refractivity contribution >= 4 is 6.41 Å². The van der Waals surface area contributed by atoms with E-state index in [4.69, 9.17) is 9.68 Å². The summed E-state index contributed by atoms with van der Waals surface area (Å²) in [4.78, 5) is 21.3. The Hall–Kier alpha value is -1.55. The first kappa shape index (κ1) is 15.5. The number of carbonyl (C=O) groups excluding carboxylic acids is 1. The predicted molar refractivity (Wildman–Crippen MR) is 74.3 cm³/mol. The van der Waals surface area contributed by atoms with Gasteiger partial charge in [0.05, 0.1) is 6.61 Å². The van der Waals surface area contributed by atoms with Crippen LogP contribution in [0.25, 0.3) is 0 Å². The Morgan fingerprint density at radius 2 is 1.74 bits per heavy atom. The molecule has 0 saturated carbocycles. The third-order valence-electron chi connectivity index (χ3n) is 2.74. The Balaban J connectivity index is 2.10. The molecule has 0 radical (unpaired) electrons. The van der Waals surface area contributed by atoms with Crippen LogP contribution in [0.5, 0.6) is 5.75 Å². The highest BCUT2D eigenvalue weighted by atomic mass is 17.0. The number of hydrogen-bond acceptors (Lipinski definition) is 3. The number of nitrogens with zero attached hydrogens (tertiary/aromatic N) is 1. The van der Waals surface area contributed by atoms with Gasteiger partial charge in [-0.3, -0.25) is 4.79 Å². The first-order chi connectivity index (χ1) is 9.36. The lowest BCUT2D eigenvalue weighted by molar-refractivity contribution is -0.286. The molecule has 0 heterocycles. The molecule has 1 amide bonds. The maximum Gasteiger partial charge on any atom is 0.272 e. The number of unbranched alkanes of at least 4 members (excludes halogenated alkanes) is 5. The summed E-state index contributed by atoms with van der Waals surface area (Å²) < 4.78 is 0. The van der Waals surface area contributed by atoms with Gasteiger partial charge in [-0.05, 0) is 23.8 Å². The van der Waals surface area contributed by atoms with Gasteiger partial charge in [-0.15, -0.1) is 0 Å². The van der Waals surface area contributed by atoms with Gasteiger partial charge in [-0.1, -0.05) is 57.2 Å². The maximum atomic E-state index is 10.8. The highest BCUT2D eigenvalue weighted by molar-refractivity contribution is 5.43. The molecule has 0 unspecified atom stereocenters. The molecule has 4 nitrogen and oxygen atoms in total. The van der Waals surface area contributed by atoms with Gasteiger partial charge in [0.2, 0.25) is 0 Å². The predicted octanol–water partition coefficient (Wildman–Crippen LogP) is 3.73. The highest BCUT2D eigenvalue weighted by Crippen LogP contribution is 2.10. The summed E-state index contributed by atoms with van der Waals surface area (Å²) in [6.07, 6.45) is 7.62. The van der Waals surface area contributed by atoms with Gasteiger partial charge >= 0.3 is 0 Å². The lowest BCUT2D eigenvalue weighted by Gasteiger charge is -2.16. The van der Waals surface area contributed by atoms with Crippen molar-refractivity contribution in [3.63, 3.8) is 0 Å². The summed E-state index contributed by atoms with van der Waals surface area (Å²) in [5.74, 6) is 0.581. The van der Waals surface area contributed by atoms with Crippen LogP contribution in [-0.2, 0) is 9.63 Å². The quantitative estimate of drug-likeness (QED) is 0.347. The van der Waals surface area contributed by atoms with Crippen LogP contribution in [0.1, 0.15) is 45.4 Å². The second kappa shape index (κ2) is 10.4. The van der Waals surface area contributed by atoms with Crippen molar-refractivity contribution in [2.24, 2.45) is 0 Å². The van der Waals surface area contributed by atoms with Crippen LogP contribution < -0.4 is 4.84 Å². The van der Waals surface area contributed by atoms with Crippen molar-refractivity contribution in [2.75, 3.05) is 6.61 Å². The van der Waals surface area contributed by atoms with Crippen LogP contribution >= 0.6 is 0 Å². The first-order valence-electron chi connectivity index (χ1n) is 6.97. The Morgan fingerprint density at radius 1 is 1.05 bits per heavy atom. The van der Waals surface area contributed by atoms with E-state index in [1.807, 2.05) is 18.2 Å². The molecular weight excluding hydrogens is 242 g/mol. The minimum absolute atomic E-state index is 0.498. The van der Waals surface area contributed by atoms with Gasteiger partial charge < -0.3 is 4.84 Å². The van der Waals surface area contributed by atoms with Crippen LogP contribution in [0.3, 0.4) is 0 Å². The van der Waals surface area contributed by atoms with Crippen molar-refractivity contribution in [3.8, 4) is 5.75 Å². The van der Waals surface area contributed by atoms with E-state index in [1.54, 1.807) is 12.1 Å². The molecule has 1 rings (SSSR count). The molecule has 1 aromatic rings. The Morgan fingerprint density at radius 3 is 2.42 bits per heavy atom. The molecule has 0 aliphatic heterocycles. The van der Waals surface area contributed by atoms with Gasteiger partial charge in [-0.2, -0.15) is 0 Å². The van der Waals surface area contributed by atoms with Crippen LogP contribution in [0.4, 0.5) is 0 Å². The molecule has 4 heteroatoms. The van der Waals surface area contributed by atoms with E-state index >= 15 is 0 Å². The van der Waals surface area contributed by atoms with E-state index < -0.39 is 0 Å². The van der Waals surface area contributed by atoms with Crippen molar-refractivity contribution in [1.82, 2.24) is 5.23 Å². The fourth-order valence-corrected chi connectivity index (χ4v) is 1.70. The third kappa shape index (κ3) is 7.47. The lowest BCUT2D eigenvalue weighted by atomic mass is 10.1. The molecule has 0 aliphatic rings. The molecule has 0 bridgehead atoms. The third-order valence-corrected chi connectivity index (χ3v) is 2.74. The normalized spacial score (nSPS) is 10.2. The average molecular weight is 265 g/mol. The van der Waals surface area contributed by atoms with Crippen molar-refractivity contribution in [2.45, 2.75) is 45.4 Å². The number of hydroxylamine groups is 2. The standard InChI is InChI=1S/C15H23NO3/c1-2-3-4-5-6-10-13-18-16(14-17)19-15-11-8-7-9-12-15/h7-9,11-12,14H,2-6,10,13H2,1H3. The molecule has 1 aromatic carbocycles. The van der Waals surface area contributed by atoms with Gasteiger partial charge in [-0.25, -0.2) is 4.84 Å². The van der Waals surface area contributed by atoms with Gasteiger partial charge in [0.15, 0.2) is 5.75 Å². The van der Waals surface area contributed by atoms with Gasteiger partial charge in [0, 0.05) is 0 Å². The first-order valence-corrected chi connectivity index (χ1v) is 6.97. The van der Waals surface area contributed by atoms with Crippen molar-refractivity contribution in [3.05, 3.63) is 30.3 Å². The summed E-state index contributed by atoms with van der Waals surface area (Å²) in [5.41, 5.74) is 0. The van der Waals surface area contributed by atoms with Crippen molar-refractivity contribution in [1.29, 1.82) is 0 Å². The topological polar surface area (TPSA) is 38.8 Å². The number of para-hydroxylation sites is 1. The number of carbonyl (C=O) groups is 1. The molecule has 19 heavy (non-hydrogen) atoms. The summed E-state index contributed by atoms with van der Waals surface area (Å²) in [6.45, 7) is 2.70. The second-order valence-electron chi connectivity index (χ2n) is 4.40. The largest absolute Gasteiger partial charge is 0.351 e. The minimum Gasteiger partial charge on any atom is -0.351 e. The molecule has 0 spiro atoms. The van der Waals surface area contributed by atoms with E-state index in [0.29, 0.717) is 18.8 Å². The zero-order chi connectivity index (χ0) is 13.8. The zero-order valence-electron chi connectivity index (χ0n) is 11.6. The summed E-state index contributed by atoms with van der Waals surface area (Å²) >= 11 is 0. The van der Waals surface area contributed by atoms with Gasteiger partial charge in [0.1, 0.15) is 0 Å². The summed E-state index contributed by atoms with van der Waals surface area (Å²) in [6, 6.07) is 9.10. The molecule has 106 valence electrons. The number of amides is 1. The van der Waals surface area contributed by atoms with Crippen molar-refractivity contribution < 1.29 is 14.5 Å². The minimum atomic E-state index is 0.498. The van der Waals surface area contributed by atoms with E-state index in [9.17, 15) is 4.79 Å². The number of hydrogen-bond donors (Lipinski definition) is 0. The molecule has 0 atom stereocenters. The van der Waals surface area contributed by atoms with Crippen LogP contribution in [0.2, 0.25) is 0 Å². The molecule has 0 fully saturated rings. The van der Waals surface area contributed by atoms with Crippen LogP contribution in [0, 0.1) is 0 Å². The Bertz CT molecular complexity index is 329. The molecule has 0 saturated heterocycles. The average Bonchev–Trinajstić information content (AvgIpc) is 2.46. The number of rotatable bonds is 11. The second-order valence-corrected chi connectivity index (χ2v) is 4.40. The van der Waals surface area contributed by atoms with E-state index in [2.05, 4.69) is 6.92 Å². The van der Waals surface area contributed by atoms with Crippen LogP contribution in [-0.4, -0.2) is 18.2 Å². The monoisotopic (exact) mass is 265 g/mol. The smallest absolute Gasteiger partial charge is 0.272 e. The molecule has 0 N–H and O–H groups in total. The summed E-state index contributed by atoms with van der Waals surface area (Å²) in [7, 11) is 0. The summed E-state index contributed by atoms with van der Waals surface area (Å²) in [5, 5.41) is 0.876. The Labute approximate surface area is 115 Å². The fourth-order valence-electron chi connectivity index (χ4n) is 1.70. The molecular formula is C15H23NO3. The lowest BCUT2D eigenvalue weighted by Crippen LogP contribution is -2.26. The SMILES string of the molecule is CCCCCCCCON(C=O)Oc1ccccc1. The zero-order valence-corrected chi connectivity index (χ0v) is 11.6. The van der Waals surface area contributed by atoms with Crippen LogP contribution in [0.15, 0.2) is 30.3 Å². The number of benzene rings is 1. The van der Waals surface area contributed by atoms with E-state index in [0.717, 1.165) is 18.1 Å². The van der Waals surface area contributed by atoms with E-state index in [-0.39, 0.29) is 0 Å². The molecule has 0 aromatic heterocycles. The fraction of sp³-hybridized carbons (Fsp3) is 0.533. The Kier molecular flexibility index (Phi) is 8.47. The van der Waals surface area contributed by atoms with E-state index in [1.165, 1.54) is 25.7 Å².